The normalized spacial score (nSPS) is 30.4. The Morgan fingerprint density at radius 1 is 1.26 bits per heavy atom. The Morgan fingerprint density at radius 2 is 2.10 bits per heavy atom. The highest BCUT2D eigenvalue weighted by Crippen LogP contribution is 2.44. The number of aryl methyl sites for hydroxylation is 1. The molecule has 5 atom stereocenters. The monoisotopic (exact) mass is 418 g/mol. The van der Waals surface area contributed by atoms with Gasteiger partial charge in [0.1, 0.15) is 6.04 Å². The zero-order valence-electron chi connectivity index (χ0n) is 17.4. The van der Waals surface area contributed by atoms with Gasteiger partial charge in [-0.1, -0.05) is 6.07 Å². The van der Waals surface area contributed by atoms with Crippen molar-refractivity contribution < 1.29 is 9.59 Å². The van der Waals surface area contributed by atoms with Gasteiger partial charge in [0.05, 0.1) is 35.8 Å². The predicted octanol–water partition coefficient (Wildman–Crippen LogP) is 0.673. The predicted molar refractivity (Wildman–Crippen MR) is 111 cm³/mol. The lowest BCUT2D eigenvalue weighted by Crippen LogP contribution is -2.56. The molecular formula is C23H26N6O2. The third kappa shape index (κ3) is 3.18. The summed E-state index contributed by atoms with van der Waals surface area (Å²) in [5, 5.41) is 18.4. The first-order valence-corrected chi connectivity index (χ1v) is 11.1. The van der Waals surface area contributed by atoms with Crippen LogP contribution in [0.25, 0.3) is 0 Å². The maximum absolute atomic E-state index is 13.3. The van der Waals surface area contributed by atoms with Crippen LogP contribution in [0.4, 0.5) is 0 Å². The van der Waals surface area contributed by atoms with Crippen molar-refractivity contribution in [3.8, 4) is 12.1 Å². The van der Waals surface area contributed by atoms with Crippen LogP contribution in [0.3, 0.4) is 0 Å². The van der Waals surface area contributed by atoms with Gasteiger partial charge >= 0.3 is 0 Å². The second kappa shape index (κ2) is 7.64. The molecule has 1 aromatic rings. The van der Waals surface area contributed by atoms with Gasteiger partial charge in [0.2, 0.25) is 11.8 Å². The van der Waals surface area contributed by atoms with Gasteiger partial charge in [0.25, 0.3) is 0 Å². The van der Waals surface area contributed by atoms with Gasteiger partial charge in [0.15, 0.2) is 0 Å². The maximum Gasteiger partial charge on any atom is 0.241 e. The molecule has 8 heteroatoms. The van der Waals surface area contributed by atoms with E-state index in [1.165, 1.54) is 5.56 Å². The van der Waals surface area contributed by atoms with E-state index in [9.17, 15) is 14.9 Å². The molecule has 4 aliphatic rings. The Morgan fingerprint density at radius 3 is 2.84 bits per heavy atom. The standard InChI is InChI=1S/C23H26N6O2/c24-10-14-3-5-18-15(8-14)4-6-20(18)29-17-9-21(23(29)31)27(12-17)13-19(26)22(30)28-7-1-2-16(28)11-25/h3,5,8,16-17,19-21H,1-2,4,6-7,9,12-13,26H2/t16?,17-,19?,20-,21?/m0/s1. The highest BCUT2D eigenvalue weighted by Gasteiger charge is 2.53. The van der Waals surface area contributed by atoms with Gasteiger partial charge < -0.3 is 15.5 Å². The van der Waals surface area contributed by atoms with Gasteiger partial charge in [-0.05, 0) is 55.4 Å². The smallest absolute Gasteiger partial charge is 0.241 e. The van der Waals surface area contributed by atoms with Crippen LogP contribution in [0.2, 0.25) is 0 Å². The Labute approximate surface area is 181 Å². The van der Waals surface area contributed by atoms with Gasteiger partial charge in [-0.2, -0.15) is 10.5 Å². The van der Waals surface area contributed by atoms with E-state index in [4.69, 9.17) is 11.0 Å². The highest BCUT2D eigenvalue weighted by molar-refractivity contribution is 5.87. The molecule has 1 aliphatic carbocycles. The molecule has 0 saturated carbocycles. The van der Waals surface area contributed by atoms with Gasteiger partial charge in [-0.3, -0.25) is 14.5 Å². The summed E-state index contributed by atoms with van der Waals surface area (Å²) in [4.78, 5) is 31.7. The van der Waals surface area contributed by atoms with Gasteiger partial charge in [-0.25, -0.2) is 0 Å². The average molecular weight is 419 g/mol. The van der Waals surface area contributed by atoms with Crippen LogP contribution in [0.15, 0.2) is 18.2 Å². The van der Waals surface area contributed by atoms with E-state index >= 15 is 0 Å². The molecule has 5 rings (SSSR count). The molecule has 3 heterocycles. The van der Waals surface area contributed by atoms with Crippen LogP contribution in [-0.2, 0) is 16.0 Å². The van der Waals surface area contributed by atoms with Crippen molar-refractivity contribution in [1.82, 2.24) is 14.7 Å². The second-order valence-electron chi connectivity index (χ2n) is 9.11. The van der Waals surface area contributed by atoms with E-state index in [-0.39, 0.29) is 36.0 Å². The number of carbonyl (C=O) groups excluding carboxylic acids is 2. The molecule has 0 radical (unpaired) electrons. The zero-order chi connectivity index (χ0) is 21.7. The van der Waals surface area contributed by atoms with E-state index in [0.29, 0.717) is 25.1 Å². The summed E-state index contributed by atoms with van der Waals surface area (Å²) in [5.41, 5.74) is 9.22. The summed E-state index contributed by atoms with van der Waals surface area (Å²) in [5.74, 6) is -0.0664. The summed E-state index contributed by atoms with van der Waals surface area (Å²) in [6.45, 7) is 1.65. The zero-order valence-corrected chi connectivity index (χ0v) is 17.4. The van der Waals surface area contributed by atoms with Gasteiger partial charge in [0, 0.05) is 25.7 Å². The fourth-order valence-corrected chi connectivity index (χ4v) is 5.96. The number of rotatable bonds is 4. The lowest BCUT2D eigenvalue weighted by molar-refractivity contribution is -0.141. The van der Waals surface area contributed by atoms with Crippen LogP contribution >= 0.6 is 0 Å². The Balaban J connectivity index is 1.25. The highest BCUT2D eigenvalue weighted by atomic mass is 16.2. The third-order valence-corrected chi connectivity index (χ3v) is 7.40. The summed E-state index contributed by atoms with van der Waals surface area (Å²) in [6, 6.07) is 9.03. The third-order valence-electron chi connectivity index (χ3n) is 7.40. The lowest BCUT2D eigenvalue weighted by atomic mass is 10.0. The fraction of sp³-hybridized carbons (Fsp3) is 0.565. The molecular weight excluding hydrogens is 392 g/mol. The van der Waals surface area contributed by atoms with E-state index in [2.05, 4.69) is 17.0 Å². The lowest BCUT2D eigenvalue weighted by Gasteiger charge is -2.38. The number of fused-ring (bicyclic) bond motifs is 3. The van der Waals surface area contributed by atoms with Crippen molar-refractivity contribution in [2.45, 2.75) is 62.3 Å². The Hall–Kier alpha value is -2.94. The summed E-state index contributed by atoms with van der Waals surface area (Å²) < 4.78 is 0. The Kier molecular flexibility index (Phi) is 4.92. The van der Waals surface area contributed by atoms with Crippen molar-refractivity contribution in [3.05, 3.63) is 34.9 Å². The summed E-state index contributed by atoms with van der Waals surface area (Å²) in [7, 11) is 0. The van der Waals surface area contributed by atoms with Crippen LogP contribution in [0, 0.1) is 22.7 Å². The summed E-state index contributed by atoms with van der Waals surface area (Å²) in [6.07, 6.45) is 4.08. The molecule has 160 valence electrons. The number of nitriles is 2. The van der Waals surface area contributed by atoms with E-state index < -0.39 is 6.04 Å². The number of nitrogens with zero attached hydrogens (tertiary/aromatic N) is 5. The van der Waals surface area contributed by atoms with Crippen molar-refractivity contribution in [3.63, 3.8) is 0 Å². The first kappa shape index (κ1) is 20.0. The van der Waals surface area contributed by atoms with Crippen molar-refractivity contribution in [1.29, 1.82) is 10.5 Å². The number of benzene rings is 1. The second-order valence-corrected chi connectivity index (χ2v) is 9.11. The number of carbonyl (C=O) groups is 2. The van der Waals surface area contributed by atoms with E-state index in [1.807, 2.05) is 23.1 Å². The number of hydrogen-bond acceptors (Lipinski definition) is 6. The molecule has 2 bridgehead atoms. The van der Waals surface area contributed by atoms with Crippen molar-refractivity contribution >= 4 is 11.8 Å². The number of hydrogen-bond donors (Lipinski definition) is 1. The molecule has 3 unspecified atom stereocenters. The van der Waals surface area contributed by atoms with Gasteiger partial charge in [-0.15, -0.1) is 0 Å². The molecule has 3 fully saturated rings. The molecule has 3 aliphatic heterocycles. The number of likely N-dealkylation sites (tertiary alicyclic amines) is 3. The van der Waals surface area contributed by atoms with Crippen molar-refractivity contribution in [2.75, 3.05) is 19.6 Å². The molecule has 0 aromatic heterocycles. The minimum absolute atomic E-state index is 0.0729. The SMILES string of the molecule is N#Cc1ccc2c(c1)CC[C@@H]2N1C(=O)C2C[C@H]1CN2CC(N)C(=O)N1CCCC1C#N. The van der Waals surface area contributed by atoms with Crippen LogP contribution < -0.4 is 5.73 Å². The Bertz CT molecular complexity index is 1010. The molecule has 3 saturated heterocycles. The number of piperazine rings is 1. The number of amides is 2. The van der Waals surface area contributed by atoms with Crippen LogP contribution in [0.5, 0.6) is 0 Å². The minimum Gasteiger partial charge on any atom is -0.330 e. The topological polar surface area (TPSA) is 117 Å². The molecule has 0 spiro atoms. The van der Waals surface area contributed by atoms with E-state index in [1.54, 1.807) is 4.90 Å². The minimum atomic E-state index is -0.717. The average Bonchev–Trinajstić information content (AvgIpc) is 3.55. The van der Waals surface area contributed by atoms with E-state index in [0.717, 1.165) is 37.8 Å². The quantitative estimate of drug-likeness (QED) is 0.768. The summed E-state index contributed by atoms with van der Waals surface area (Å²) >= 11 is 0. The first-order chi connectivity index (χ1) is 15.0. The molecule has 31 heavy (non-hydrogen) atoms. The van der Waals surface area contributed by atoms with Crippen LogP contribution in [-0.4, -0.2) is 70.3 Å². The molecule has 1 aromatic carbocycles. The van der Waals surface area contributed by atoms with Crippen molar-refractivity contribution in [2.24, 2.45) is 5.73 Å². The first-order valence-electron chi connectivity index (χ1n) is 11.1. The maximum atomic E-state index is 13.3. The van der Waals surface area contributed by atoms with Crippen LogP contribution in [0.1, 0.15) is 48.4 Å². The number of nitrogens with two attached hydrogens (primary N) is 1. The molecule has 2 amide bonds. The molecule has 8 nitrogen and oxygen atoms in total. The molecule has 2 N–H and O–H groups in total. The fourth-order valence-electron chi connectivity index (χ4n) is 5.96. The largest absolute Gasteiger partial charge is 0.330 e.